The second kappa shape index (κ2) is 14.3. The molecule has 0 saturated carbocycles. The maximum Gasteiger partial charge on any atom is 0.359 e. The number of aromatic nitrogens is 1. The van der Waals surface area contributed by atoms with Crippen LogP contribution >= 0.6 is 12.4 Å². The van der Waals surface area contributed by atoms with E-state index in [4.69, 9.17) is 0 Å². The van der Waals surface area contributed by atoms with Gasteiger partial charge in [-0.05, 0) is 37.0 Å². The minimum Gasteiger partial charge on any atom is -0.337 e. The Morgan fingerprint density at radius 3 is 2.21 bits per heavy atom. The summed E-state index contributed by atoms with van der Waals surface area (Å²) in [5.41, 5.74) is 1.74. The third-order valence-corrected chi connectivity index (χ3v) is 5.48. The van der Waals surface area contributed by atoms with Gasteiger partial charge in [-0.1, -0.05) is 63.6 Å². The Balaban J connectivity index is 0.00000578. The fourth-order valence-electron chi connectivity index (χ4n) is 3.44. The van der Waals surface area contributed by atoms with Crippen molar-refractivity contribution in [1.82, 2.24) is 20.3 Å². The normalized spacial score (nSPS) is 12.3. The van der Waals surface area contributed by atoms with Crippen LogP contribution in [-0.2, 0) is 4.79 Å². The summed E-state index contributed by atoms with van der Waals surface area (Å²) in [4.78, 5) is 43.2. The molecule has 2 rings (SSSR count). The van der Waals surface area contributed by atoms with Crippen molar-refractivity contribution in [2.75, 3.05) is 13.1 Å². The molecule has 0 saturated heterocycles. The fourth-order valence-corrected chi connectivity index (χ4v) is 3.44. The zero-order chi connectivity index (χ0) is 24.4. The molecule has 8 nitrogen and oxygen atoms in total. The van der Waals surface area contributed by atoms with Crippen LogP contribution in [0.15, 0.2) is 54.7 Å². The van der Waals surface area contributed by atoms with Gasteiger partial charge in [0.05, 0.1) is 0 Å². The van der Waals surface area contributed by atoms with Gasteiger partial charge in [0.1, 0.15) is 0 Å². The molecule has 5 amide bonds. The highest BCUT2D eigenvalue weighted by Crippen LogP contribution is 2.22. The number of hydrogen-bond acceptors (Lipinski definition) is 5. The molecule has 0 radical (unpaired) electrons. The summed E-state index contributed by atoms with van der Waals surface area (Å²) in [5.74, 6) is -1.08. The van der Waals surface area contributed by atoms with E-state index in [0.29, 0.717) is 12.3 Å². The summed E-state index contributed by atoms with van der Waals surface area (Å²) in [5, 5.41) is 13.0. The van der Waals surface area contributed by atoms with Crippen molar-refractivity contribution in [1.29, 1.82) is 0 Å². The van der Waals surface area contributed by atoms with E-state index < -0.39 is 23.9 Å². The van der Waals surface area contributed by atoms with E-state index in [2.05, 4.69) is 10.3 Å². The van der Waals surface area contributed by atoms with Crippen molar-refractivity contribution in [3.05, 3.63) is 66.0 Å². The number of nitrogens with zero attached hydrogens (tertiary/aromatic N) is 3. The summed E-state index contributed by atoms with van der Waals surface area (Å²) in [6, 6.07) is 13.4. The van der Waals surface area contributed by atoms with E-state index >= 15 is 0 Å². The van der Waals surface area contributed by atoms with Gasteiger partial charge in [0.15, 0.2) is 0 Å². The minimum atomic E-state index is -1.06. The van der Waals surface area contributed by atoms with Crippen LogP contribution in [0.2, 0.25) is 0 Å². The molecule has 2 N–H and O–H groups in total. The zero-order valence-electron chi connectivity index (χ0n) is 20.2. The lowest BCUT2D eigenvalue weighted by molar-refractivity contribution is -0.158. The van der Waals surface area contributed by atoms with Gasteiger partial charge in [-0.25, -0.2) is 14.5 Å². The summed E-state index contributed by atoms with van der Waals surface area (Å²) in [6.07, 6.45) is 3.02. The first-order valence-electron chi connectivity index (χ1n) is 11.3. The predicted octanol–water partition coefficient (Wildman–Crippen LogP) is 5.08. The maximum absolute atomic E-state index is 12.8. The average molecular weight is 491 g/mol. The third kappa shape index (κ3) is 8.11. The average Bonchev–Trinajstić information content (AvgIpc) is 2.83. The number of rotatable bonds is 9. The first kappa shape index (κ1) is 29.1. The van der Waals surface area contributed by atoms with Gasteiger partial charge < -0.3 is 5.32 Å². The molecular weight excluding hydrogens is 456 g/mol. The number of carbonyl (C=O) groups excluding carboxylic acids is 3. The standard InChI is InChI=1S/C25H34N4O4.ClH/c1-5-28(25(32)29(33)23(30)19(4)15-14-18(2)3)24(31)27-17-21(20-11-7-6-8-12-20)22-13-9-10-16-26-22;/h6-13,16,18-19,21,33H,5,14-15,17H2,1-4H3,(H,27,31);1H/t19-,21?;/m0./s1. The largest absolute Gasteiger partial charge is 0.359 e. The molecule has 34 heavy (non-hydrogen) atoms. The van der Waals surface area contributed by atoms with Crippen LogP contribution in [0.1, 0.15) is 57.7 Å². The highest BCUT2D eigenvalue weighted by molar-refractivity contribution is 6.01. The smallest absolute Gasteiger partial charge is 0.337 e. The summed E-state index contributed by atoms with van der Waals surface area (Å²) < 4.78 is 0. The molecule has 0 fully saturated rings. The van der Waals surface area contributed by atoms with E-state index in [1.54, 1.807) is 20.0 Å². The van der Waals surface area contributed by atoms with Gasteiger partial charge in [-0.3, -0.25) is 15.0 Å². The van der Waals surface area contributed by atoms with Crippen LogP contribution in [0.4, 0.5) is 9.59 Å². The van der Waals surface area contributed by atoms with Crippen molar-refractivity contribution in [3.63, 3.8) is 0 Å². The van der Waals surface area contributed by atoms with E-state index in [9.17, 15) is 19.6 Å². The van der Waals surface area contributed by atoms with Crippen molar-refractivity contribution in [3.8, 4) is 0 Å². The molecule has 2 atom stereocenters. The van der Waals surface area contributed by atoms with Gasteiger partial charge in [-0.2, -0.15) is 0 Å². The predicted molar refractivity (Wildman–Crippen MR) is 133 cm³/mol. The first-order chi connectivity index (χ1) is 15.8. The minimum absolute atomic E-state index is 0. The van der Waals surface area contributed by atoms with Crippen LogP contribution in [0, 0.1) is 11.8 Å². The lowest BCUT2D eigenvalue weighted by atomic mass is 9.95. The Morgan fingerprint density at radius 1 is 1.00 bits per heavy atom. The summed E-state index contributed by atoms with van der Waals surface area (Å²) in [6.45, 7) is 7.52. The molecule has 0 aliphatic carbocycles. The van der Waals surface area contributed by atoms with Crippen molar-refractivity contribution < 1.29 is 19.6 Å². The second-order valence-electron chi connectivity index (χ2n) is 8.45. The molecule has 0 bridgehead atoms. The Kier molecular flexibility index (Phi) is 12.2. The highest BCUT2D eigenvalue weighted by atomic mass is 35.5. The number of hydroxylamine groups is 2. The molecule has 1 aromatic carbocycles. The molecule has 186 valence electrons. The van der Waals surface area contributed by atoms with Crippen LogP contribution in [0.3, 0.4) is 0 Å². The van der Waals surface area contributed by atoms with Crippen molar-refractivity contribution in [2.24, 2.45) is 11.8 Å². The Hall–Kier alpha value is -2.97. The lowest BCUT2D eigenvalue weighted by Gasteiger charge is -2.26. The monoisotopic (exact) mass is 490 g/mol. The number of benzene rings is 1. The number of hydrogen-bond donors (Lipinski definition) is 2. The number of pyridine rings is 1. The highest BCUT2D eigenvalue weighted by Gasteiger charge is 2.31. The number of amides is 5. The van der Waals surface area contributed by atoms with Crippen LogP contribution in [0.5, 0.6) is 0 Å². The van der Waals surface area contributed by atoms with Crippen LogP contribution in [0.25, 0.3) is 0 Å². The number of imide groups is 2. The number of nitrogens with one attached hydrogen (secondary N) is 1. The Labute approximate surface area is 207 Å². The first-order valence-corrected chi connectivity index (χ1v) is 11.3. The van der Waals surface area contributed by atoms with Crippen LogP contribution in [-0.4, -0.2) is 51.2 Å². The quantitative estimate of drug-likeness (QED) is 0.377. The van der Waals surface area contributed by atoms with Crippen LogP contribution < -0.4 is 5.32 Å². The second-order valence-corrected chi connectivity index (χ2v) is 8.45. The van der Waals surface area contributed by atoms with E-state index in [-0.39, 0.29) is 36.5 Å². The molecule has 9 heteroatoms. The van der Waals surface area contributed by atoms with E-state index in [0.717, 1.165) is 22.6 Å². The molecule has 1 aromatic heterocycles. The van der Waals surface area contributed by atoms with Gasteiger partial charge in [-0.15, -0.1) is 17.5 Å². The van der Waals surface area contributed by atoms with Crippen molar-refractivity contribution in [2.45, 2.75) is 46.5 Å². The molecular formula is C25H35ClN4O4. The Morgan fingerprint density at radius 2 is 1.65 bits per heavy atom. The van der Waals surface area contributed by atoms with Crippen molar-refractivity contribution >= 4 is 30.4 Å². The van der Waals surface area contributed by atoms with E-state index in [1.807, 2.05) is 62.4 Å². The molecule has 0 spiro atoms. The molecule has 0 aliphatic rings. The van der Waals surface area contributed by atoms with Gasteiger partial charge in [0.25, 0.3) is 5.91 Å². The summed E-state index contributed by atoms with van der Waals surface area (Å²) in [7, 11) is 0. The number of carbonyl (C=O) groups is 3. The molecule has 1 heterocycles. The Bertz CT molecular complexity index is 872. The summed E-state index contributed by atoms with van der Waals surface area (Å²) >= 11 is 0. The lowest BCUT2D eigenvalue weighted by Crippen LogP contribution is -2.52. The topological polar surface area (TPSA) is 103 Å². The number of halogens is 1. The van der Waals surface area contributed by atoms with Gasteiger partial charge in [0, 0.05) is 36.8 Å². The number of urea groups is 2. The van der Waals surface area contributed by atoms with E-state index in [1.165, 1.54) is 0 Å². The zero-order valence-corrected chi connectivity index (χ0v) is 21.0. The maximum atomic E-state index is 12.8. The van der Waals surface area contributed by atoms with Gasteiger partial charge >= 0.3 is 12.1 Å². The molecule has 1 unspecified atom stereocenters. The van der Waals surface area contributed by atoms with Gasteiger partial charge in [0.2, 0.25) is 0 Å². The fraction of sp³-hybridized carbons (Fsp3) is 0.440. The molecule has 2 aromatic rings. The molecule has 0 aliphatic heterocycles. The SMILES string of the molecule is CCN(C(=O)NCC(c1ccccc1)c1ccccn1)C(=O)N(O)C(=O)[C@@H](C)CCC(C)C.Cl. The third-order valence-electron chi connectivity index (χ3n) is 5.48.